The van der Waals surface area contributed by atoms with E-state index in [1.807, 2.05) is 25.1 Å². The summed E-state index contributed by atoms with van der Waals surface area (Å²) in [4.78, 5) is 8.38. The Balaban J connectivity index is 0.00000392. The van der Waals surface area contributed by atoms with Gasteiger partial charge in [-0.3, -0.25) is 4.99 Å². The van der Waals surface area contributed by atoms with Gasteiger partial charge in [-0.25, -0.2) is 4.98 Å². The zero-order valence-corrected chi connectivity index (χ0v) is 19.2. The second-order valence-corrected chi connectivity index (χ2v) is 5.94. The number of aryl methyl sites for hydroxylation is 1. The van der Waals surface area contributed by atoms with E-state index in [1.54, 1.807) is 27.5 Å². The number of aliphatic imine (C=N–C) groups is 1. The van der Waals surface area contributed by atoms with E-state index in [0.717, 1.165) is 22.4 Å². The number of ether oxygens (including phenoxy) is 3. The van der Waals surface area contributed by atoms with Gasteiger partial charge in [0.25, 0.3) is 0 Å². The van der Waals surface area contributed by atoms with E-state index in [9.17, 15) is 0 Å². The standard InChI is InChI=1S/C20H28N4O3.HI/c1-15-5-6-17(18(11-15)27-10-9-25-3)14-24-20(21-2)23-13-16-7-8-22-19(12-16)26-4;/h5-8,11-12H,9-10,13-14H2,1-4H3,(H2,21,23,24);1H. The molecule has 8 heteroatoms. The van der Waals surface area contributed by atoms with Crippen LogP contribution in [0.25, 0.3) is 0 Å². The summed E-state index contributed by atoms with van der Waals surface area (Å²) in [6.07, 6.45) is 1.72. The first kappa shape index (κ1) is 24.0. The molecule has 0 spiro atoms. The maximum Gasteiger partial charge on any atom is 0.213 e. The van der Waals surface area contributed by atoms with Gasteiger partial charge in [-0.1, -0.05) is 12.1 Å². The molecule has 0 saturated heterocycles. The van der Waals surface area contributed by atoms with Crippen LogP contribution in [0.2, 0.25) is 0 Å². The van der Waals surface area contributed by atoms with Crippen LogP contribution in [-0.4, -0.2) is 45.4 Å². The van der Waals surface area contributed by atoms with Crippen LogP contribution in [0.1, 0.15) is 16.7 Å². The molecule has 2 aromatic rings. The number of hydrogen-bond acceptors (Lipinski definition) is 5. The molecule has 2 rings (SSSR count). The van der Waals surface area contributed by atoms with E-state index in [4.69, 9.17) is 14.2 Å². The Labute approximate surface area is 183 Å². The van der Waals surface area contributed by atoms with Gasteiger partial charge in [0.15, 0.2) is 5.96 Å². The van der Waals surface area contributed by atoms with Gasteiger partial charge in [-0.05, 0) is 30.2 Å². The summed E-state index contributed by atoms with van der Waals surface area (Å²) in [5.74, 6) is 2.15. The molecule has 1 aromatic heterocycles. The molecule has 1 heterocycles. The highest BCUT2D eigenvalue weighted by Gasteiger charge is 2.06. The normalized spacial score (nSPS) is 10.8. The predicted molar refractivity (Wildman–Crippen MR) is 122 cm³/mol. The molecule has 0 saturated carbocycles. The number of nitrogens with one attached hydrogen (secondary N) is 2. The van der Waals surface area contributed by atoms with E-state index in [0.29, 0.717) is 38.1 Å². The average molecular weight is 500 g/mol. The van der Waals surface area contributed by atoms with Crippen molar-refractivity contribution in [1.29, 1.82) is 0 Å². The van der Waals surface area contributed by atoms with Gasteiger partial charge in [0, 0.05) is 45.1 Å². The maximum atomic E-state index is 5.83. The summed E-state index contributed by atoms with van der Waals surface area (Å²) in [6, 6.07) is 9.99. The van der Waals surface area contributed by atoms with Crippen molar-refractivity contribution in [3.05, 3.63) is 53.2 Å². The van der Waals surface area contributed by atoms with Crippen molar-refractivity contribution in [1.82, 2.24) is 15.6 Å². The lowest BCUT2D eigenvalue weighted by Gasteiger charge is -2.15. The SMILES string of the molecule is CN=C(NCc1ccnc(OC)c1)NCc1ccc(C)cc1OCCOC.I. The number of aromatic nitrogens is 1. The van der Waals surface area contributed by atoms with E-state index in [-0.39, 0.29) is 24.0 Å². The van der Waals surface area contributed by atoms with Crippen LogP contribution in [0.15, 0.2) is 41.5 Å². The first-order valence-electron chi connectivity index (χ1n) is 8.81. The van der Waals surface area contributed by atoms with Crippen molar-refractivity contribution >= 4 is 29.9 Å². The van der Waals surface area contributed by atoms with Crippen LogP contribution in [0.4, 0.5) is 0 Å². The molecular weight excluding hydrogens is 471 g/mol. The predicted octanol–water partition coefficient (Wildman–Crippen LogP) is 2.91. The third kappa shape index (κ3) is 7.89. The van der Waals surface area contributed by atoms with Gasteiger partial charge in [0.05, 0.1) is 13.7 Å². The van der Waals surface area contributed by atoms with E-state index < -0.39 is 0 Å². The number of rotatable bonds is 9. The quantitative estimate of drug-likeness (QED) is 0.239. The molecule has 0 aliphatic carbocycles. The van der Waals surface area contributed by atoms with Crippen molar-refractivity contribution in [2.75, 3.05) is 34.5 Å². The molecule has 154 valence electrons. The second-order valence-electron chi connectivity index (χ2n) is 5.94. The lowest BCUT2D eigenvalue weighted by molar-refractivity contribution is 0.145. The number of hydrogen-bond donors (Lipinski definition) is 2. The molecule has 0 unspecified atom stereocenters. The third-order valence-corrected chi connectivity index (χ3v) is 3.91. The lowest BCUT2D eigenvalue weighted by atomic mass is 10.1. The van der Waals surface area contributed by atoms with Gasteiger partial charge in [0.1, 0.15) is 12.4 Å². The highest BCUT2D eigenvalue weighted by Crippen LogP contribution is 2.20. The van der Waals surface area contributed by atoms with Crippen LogP contribution in [0.3, 0.4) is 0 Å². The molecule has 1 aromatic carbocycles. The Bertz CT molecular complexity index is 756. The summed E-state index contributed by atoms with van der Waals surface area (Å²) >= 11 is 0. The summed E-state index contributed by atoms with van der Waals surface area (Å²) in [5.41, 5.74) is 3.27. The molecule has 0 radical (unpaired) electrons. The first-order valence-corrected chi connectivity index (χ1v) is 8.81. The molecule has 0 fully saturated rings. The zero-order valence-electron chi connectivity index (χ0n) is 16.8. The molecule has 0 aliphatic heterocycles. The molecule has 0 bridgehead atoms. The Morgan fingerprint density at radius 2 is 1.86 bits per heavy atom. The van der Waals surface area contributed by atoms with Gasteiger partial charge < -0.3 is 24.8 Å². The van der Waals surface area contributed by atoms with Gasteiger partial charge in [-0.2, -0.15) is 0 Å². The van der Waals surface area contributed by atoms with E-state index in [1.165, 1.54) is 0 Å². The summed E-state index contributed by atoms with van der Waals surface area (Å²) in [6.45, 7) is 4.33. The third-order valence-electron chi connectivity index (χ3n) is 3.91. The number of methoxy groups -OCH3 is 2. The van der Waals surface area contributed by atoms with Gasteiger partial charge in [0.2, 0.25) is 5.88 Å². The van der Waals surface area contributed by atoms with Crippen molar-refractivity contribution in [3.63, 3.8) is 0 Å². The van der Waals surface area contributed by atoms with Crippen molar-refractivity contribution in [2.45, 2.75) is 20.0 Å². The molecule has 0 aliphatic rings. The molecule has 7 nitrogen and oxygen atoms in total. The van der Waals surface area contributed by atoms with E-state index >= 15 is 0 Å². The highest BCUT2D eigenvalue weighted by atomic mass is 127. The maximum absolute atomic E-state index is 5.83. The molecule has 28 heavy (non-hydrogen) atoms. The topological polar surface area (TPSA) is 77.0 Å². The first-order chi connectivity index (χ1) is 13.2. The smallest absolute Gasteiger partial charge is 0.213 e. The minimum atomic E-state index is 0. The van der Waals surface area contributed by atoms with Crippen LogP contribution in [-0.2, 0) is 17.8 Å². The zero-order chi connectivity index (χ0) is 19.5. The lowest BCUT2D eigenvalue weighted by Crippen LogP contribution is -2.36. The fourth-order valence-electron chi connectivity index (χ4n) is 2.43. The molecular formula is C20H29IN4O3. The summed E-state index contributed by atoms with van der Waals surface area (Å²) < 4.78 is 16.0. The molecule has 0 atom stereocenters. The number of halogens is 1. The Morgan fingerprint density at radius 1 is 1.07 bits per heavy atom. The summed E-state index contributed by atoms with van der Waals surface area (Å²) in [7, 11) is 5.01. The van der Waals surface area contributed by atoms with Gasteiger partial charge >= 0.3 is 0 Å². The van der Waals surface area contributed by atoms with Gasteiger partial charge in [-0.15, -0.1) is 24.0 Å². The van der Waals surface area contributed by atoms with Crippen LogP contribution < -0.4 is 20.1 Å². The number of pyridine rings is 1. The van der Waals surface area contributed by atoms with Crippen molar-refractivity contribution in [3.8, 4) is 11.6 Å². The second kappa shape index (κ2) is 13.2. The fourth-order valence-corrected chi connectivity index (χ4v) is 2.43. The Kier molecular flexibility index (Phi) is 11.3. The largest absolute Gasteiger partial charge is 0.491 e. The minimum Gasteiger partial charge on any atom is -0.491 e. The molecule has 2 N–H and O–H groups in total. The monoisotopic (exact) mass is 500 g/mol. The summed E-state index contributed by atoms with van der Waals surface area (Å²) in [5, 5.41) is 6.60. The number of nitrogens with zero attached hydrogens (tertiary/aromatic N) is 2. The molecule has 0 amide bonds. The van der Waals surface area contributed by atoms with Crippen LogP contribution in [0, 0.1) is 6.92 Å². The fraction of sp³-hybridized carbons (Fsp3) is 0.400. The minimum absolute atomic E-state index is 0. The highest BCUT2D eigenvalue weighted by molar-refractivity contribution is 14.0. The van der Waals surface area contributed by atoms with Crippen molar-refractivity contribution in [2.24, 2.45) is 4.99 Å². The van der Waals surface area contributed by atoms with Crippen LogP contribution >= 0.6 is 24.0 Å². The van der Waals surface area contributed by atoms with Crippen molar-refractivity contribution < 1.29 is 14.2 Å². The number of guanidine groups is 1. The Hall–Kier alpha value is -2.07. The van der Waals surface area contributed by atoms with Crippen LogP contribution in [0.5, 0.6) is 11.6 Å². The van der Waals surface area contributed by atoms with E-state index in [2.05, 4.69) is 32.7 Å². The number of benzene rings is 1. The average Bonchev–Trinajstić information content (AvgIpc) is 2.69. The Morgan fingerprint density at radius 3 is 2.57 bits per heavy atom.